The Kier molecular flexibility index (Phi) is 5.16. The minimum absolute atomic E-state index is 0.218. The maximum Gasteiger partial charge on any atom is 0.118 e. The molecule has 0 amide bonds. The summed E-state index contributed by atoms with van der Waals surface area (Å²) < 4.78 is 16.1. The van der Waals surface area contributed by atoms with E-state index in [1.807, 2.05) is 24.3 Å². The van der Waals surface area contributed by atoms with Gasteiger partial charge in [0.05, 0.1) is 33.5 Å². The van der Waals surface area contributed by atoms with Gasteiger partial charge in [0, 0.05) is 13.1 Å². The number of morpholine rings is 1. The van der Waals surface area contributed by atoms with Gasteiger partial charge in [-0.2, -0.15) is 0 Å². The molecule has 0 radical (unpaired) electrons. The number of hydrogen-bond acceptors (Lipinski definition) is 4. The van der Waals surface area contributed by atoms with Crippen molar-refractivity contribution in [1.29, 1.82) is 0 Å². The quantitative estimate of drug-likeness (QED) is 0.848. The SMILES string of the molecule is COc1ccc(C(c2ccc(OC)cc2)N2CCOCC2)cc1. The summed E-state index contributed by atoms with van der Waals surface area (Å²) in [5.74, 6) is 1.76. The molecule has 4 heteroatoms. The summed E-state index contributed by atoms with van der Waals surface area (Å²) in [7, 11) is 3.38. The van der Waals surface area contributed by atoms with Crippen molar-refractivity contribution < 1.29 is 14.2 Å². The number of nitrogens with zero attached hydrogens (tertiary/aromatic N) is 1. The third-order valence-electron chi connectivity index (χ3n) is 4.27. The summed E-state index contributed by atoms with van der Waals surface area (Å²) in [6.07, 6.45) is 0. The van der Waals surface area contributed by atoms with Crippen LogP contribution < -0.4 is 9.47 Å². The maximum absolute atomic E-state index is 5.51. The molecule has 0 N–H and O–H groups in total. The molecule has 2 aromatic rings. The van der Waals surface area contributed by atoms with Gasteiger partial charge in [-0.3, -0.25) is 4.90 Å². The molecule has 1 aliphatic rings. The second kappa shape index (κ2) is 7.49. The molecule has 1 aliphatic heterocycles. The molecule has 0 bridgehead atoms. The molecule has 4 nitrogen and oxygen atoms in total. The van der Waals surface area contributed by atoms with Crippen LogP contribution in [0.4, 0.5) is 0 Å². The lowest BCUT2D eigenvalue weighted by Crippen LogP contribution is -2.39. The predicted molar refractivity (Wildman–Crippen MR) is 90.2 cm³/mol. The molecular weight excluding hydrogens is 290 g/mol. The molecule has 23 heavy (non-hydrogen) atoms. The van der Waals surface area contributed by atoms with Gasteiger partial charge in [0.2, 0.25) is 0 Å². The second-order valence-corrected chi connectivity index (χ2v) is 5.60. The van der Waals surface area contributed by atoms with Crippen molar-refractivity contribution >= 4 is 0 Å². The fourth-order valence-electron chi connectivity index (χ4n) is 3.02. The second-order valence-electron chi connectivity index (χ2n) is 5.60. The number of ether oxygens (including phenoxy) is 3. The van der Waals surface area contributed by atoms with Gasteiger partial charge in [0.15, 0.2) is 0 Å². The fraction of sp³-hybridized carbons (Fsp3) is 0.368. The molecular formula is C19H23NO3. The lowest BCUT2D eigenvalue weighted by Gasteiger charge is -2.35. The largest absolute Gasteiger partial charge is 0.497 e. The zero-order valence-corrected chi connectivity index (χ0v) is 13.7. The zero-order chi connectivity index (χ0) is 16.1. The van der Waals surface area contributed by atoms with E-state index in [2.05, 4.69) is 29.2 Å². The molecule has 2 aromatic carbocycles. The first-order valence-electron chi connectivity index (χ1n) is 7.91. The number of rotatable bonds is 5. The zero-order valence-electron chi connectivity index (χ0n) is 13.7. The smallest absolute Gasteiger partial charge is 0.118 e. The van der Waals surface area contributed by atoms with Crippen LogP contribution in [0.5, 0.6) is 11.5 Å². The summed E-state index contributed by atoms with van der Waals surface area (Å²) in [4.78, 5) is 2.47. The van der Waals surface area contributed by atoms with Gasteiger partial charge in [-0.1, -0.05) is 24.3 Å². The Morgan fingerprint density at radius 3 is 1.61 bits per heavy atom. The van der Waals surface area contributed by atoms with Crippen LogP contribution in [0.3, 0.4) is 0 Å². The van der Waals surface area contributed by atoms with E-state index >= 15 is 0 Å². The lowest BCUT2D eigenvalue weighted by atomic mass is 9.96. The predicted octanol–water partition coefficient (Wildman–Crippen LogP) is 3.13. The van der Waals surface area contributed by atoms with E-state index in [1.54, 1.807) is 14.2 Å². The number of methoxy groups -OCH3 is 2. The molecule has 0 unspecified atom stereocenters. The summed E-state index contributed by atoms with van der Waals surface area (Å²) >= 11 is 0. The highest BCUT2D eigenvalue weighted by Crippen LogP contribution is 2.31. The molecule has 122 valence electrons. The van der Waals surface area contributed by atoms with Gasteiger partial charge < -0.3 is 14.2 Å². The van der Waals surface area contributed by atoms with Gasteiger partial charge >= 0.3 is 0 Å². The monoisotopic (exact) mass is 313 g/mol. The van der Waals surface area contributed by atoms with Crippen molar-refractivity contribution in [3.63, 3.8) is 0 Å². The average Bonchev–Trinajstić information content (AvgIpc) is 2.64. The van der Waals surface area contributed by atoms with E-state index in [1.165, 1.54) is 11.1 Å². The van der Waals surface area contributed by atoms with Crippen LogP contribution >= 0.6 is 0 Å². The molecule has 1 fully saturated rings. The van der Waals surface area contributed by atoms with E-state index in [0.717, 1.165) is 37.8 Å². The van der Waals surface area contributed by atoms with E-state index in [0.29, 0.717) is 0 Å². The van der Waals surface area contributed by atoms with Crippen molar-refractivity contribution in [2.45, 2.75) is 6.04 Å². The molecule has 0 aliphatic carbocycles. The summed E-state index contributed by atoms with van der Waals surface area (Å²) in [6.45, 7) is 3.43. The fourth-order valence-corrected chi connectivity index (χ4v) is 3.02. The Bertz CT molecular complexity index is 556. The normalized spacial score (nSPS) is 15.6. The highest BCUT2D eigenvalue weighted by atomic mass is 16.5. The summed E-state index contributed by atoms with van der Waals surface area (Å²) in [6, 6.07) is 16.9. The van der Waals surface area contributed by atoms with Crippen LogP contribution in [-0.4, -0.2) is 45.4 Å². The van der Waals surface area contributed by atoms with Crippen LogP contribution in [0.15, 0.2) is 48.5 Å². The Labute approximate surface area is 137 Å². The van der Waals surface area contributed by atoms with Crippen LogP contribution in [0.25, 0.3) is 0 Å². The summed E-state index contributed by atoms with van der Waals surface area (Å²) in [5.41, 5.74) is 2.52. The molecule has 1 saturated heterocycles. The van der Waals surface area contributed by atoms with Crippen molar-refractivity contribution in [1.82, 2.24) is 4.90 Å². The standard InChI is InChI=1S/C19H23NO3/c1-21-17-7-3-15(4-8-17)19(20-11-13-23-14-12-20)16-5-9-18(22-2)10-6-16/h3-10,19H,11-14H2,1-2H3. The summed E-state index contributed by atoms with van der Waals surface area (Å²) in [5, 5.41) is 0. The van der Waals surface area contributed by atoms with Crippen molar-refractivity contribution in [3.05, 3.63) is 59.7 Å². The Balaban J connectivity index is 1.93. The van der Waals surface area contributed by atoms with Crippen LogP contribution in [0.2, 0.25) is 0 Å². The van der Waals surface area contributed by atoms with Crippen LogP contribution in [-0.2, 0) is 4.74 Å². The highest BCUT2D eigenvalue weighted by Gasteiger charge is 2.24. The first kappa shape index (κ1) is 15.8. The van der Waals surface area contributed by atoms with Gasteiger partial charge in [0.1, 0.15) is 11.5 Å². The first-order valence-corrected chi connectivity index (χ1v) is 7.91. The van der Waals surface area contributed by atoms with E-state index in [-0.39, 0.29) is 6.04 Å². The lowest BCUT2D eigenvalue weighted by molar-refractivity contribution is 0.0239. The van der Waals surface area contributed by atoms with Gasteiger partial charge in [-0.05, 0) is 35.4 Å². The van der Waals surface area contributed by atoms with Crippen molar-refractivity contribution in [3.8, 4) is 11.5 Å². The minimum Gasteiger partial charge on any atom is -0.497 e. The van der Waals surface area contributed by atoms with Crippen molar-refractivity contribution in [2.75, 3.05) is 40.5 Å². The van der Waals surface area contributed by atoms with E-state index in [4.69, 9.17) is 14.2 Å². The van der Waals surface area contributed by atoms with Gasteiger partial charge in [-0.25, -0.2) is 0 Å². The topological polar surface area (TPSA) is 30.9 Å². The molecule has 0 saturated carbocycles. The average molecular weight is 313 g/mol. The number of hydrogen-bond donors (Lipinski definition) is 0. The Morgan fingerprint density at radius 1 is 0.783 bits per heavy atom. The Hall–Kier alpha value is -2.04. The van der Waals surface area contributed by atoms with Gasteiger partial charge in [0.25, 0.3) is 0 Å². The van der Waals surface area contributed by atoms with Crippen LogP contribution in [0, 0.1) is 0 Å². The third kappa shape index (κ3) is 3.66. The molecule has 3 rings (SSSR count). The minimum atomic E-state index is 0.218. The van der Waals surface area contributed by atoms with Gasteiger partial charge in [-0.15, -0.1) is 0 Å². The molecule has 0 atom stereocenters. The highest BCUT2D eigenvalue weighted by molar-refractivity contribution is 5.38. The maximum atomic E-state index is 5.51. The third-order valence-corrected chi connectivity index (χ3v) is 4.27. The molecule has 0 spiro atoms. The van der Waals surface area contributed by atoms with Crippen molar-refractivity contribution in [2.24, 2.45) is 0 Å². The van der Waals surface area contributed by atoms with E-state index in [9.17, 15) is 0 Å². The number of benzene rings is 2. The van der Waals surface area contributed by atoms with Crippen LogP contribution in [0.1, 0.15) is 17.2 Å². The van der Waals surface area contributed by atoms with E-state index < -0.39 is 0 Å². The first-order chi connectivity index (χ1) is 11.3. The Morgan fingerprint density at radius 2 is 1.22 bits per heavy atom. The molecule has 0 aromatic heterocycles. The molecule has 1 heterocycles.